The van der Waals surface area contributed by atoms with Crippen LogP contribution in [0.2, 0.25) is 0 Å². The van der Waals surface area contributed by atoms with Crippen molar-refractivity contribution >= 4 is 0 Å². The summed E-state index contributed by atoms with van der Waals surface area (Å²) in [5, 5.41) is 12.8. The van der Waals surface area contributed by atoms with E-state index in [9.17, 15) is 5.11 Å². The number of aromatic hydroxyl groups is 1. The van der Waals surface area contributed by atoms with Crippen molar-refractivity contribution in [2.45, 2.75) is 13.0 Å². The Balaban J connectivity index is 2.50. The minimum atomic E-state index is 0.264. The summed E-state index contributed by atoms with van der Waals surface area (Å²) in [4.78, 5) is 0. The van der Waals surface area contributed by atoms with Gasteiger partial charge in [0.15, 0.2) is 0 Å². The molecule has 0 unspecified atom stereocenters. The highest BCUT2D eigenvalue weighted by Crippen LogP contribution is 2.22. The first-order chi connectivity index (χ1) is 7.27. The molecular weight excluding hydrogens is 190 g/mol. The molecule has 0 bridgehead atoms. The van der Waals surface area contributed by atoms with Gasteiger partial charge in [-0.2, -0.15) is 0 Å². The summed E-state index contributed by atoms with van der Waals surface area (Å²) in [6.07, 6.45) is 2.79. The largest absolute Gasteiger partial charge is 0.507 e. The molecule has 1 rings (SSSR count). The summed E-state index contributed by atoms with van der Waals surface area (Å²) in [5.41, 5.74) is 0.875. The van der Waals surface area contributed by atoms with Gasteiger partial charge in [-0.3, -0.25) is 0 Å². The van der Waals surface area contributed by atoms with Gasteiger partial charge in [0, 0.05) is 18.2 Å². The molecule has 0 saturated heterocycles. The summed E-state index contributed by atoms with van der Waals surface area (Å²) < 4.78 is 5.00. The second kappa shape index (κ2) is 6.09. The summed E-state index contributed by atoms with van der Waals surface area (Å²) in [6.45, 7) is 5.17. The van der Waals surface area contributed by atoms with Gasteiger partial charge in [-0.05, 0) is 19.0 Å². The zero-order valence-corrected chi connectivity index (χ0v) is 8.99. The molecule has 0 heterocycles. The third-order valence-corrected chi connectivity index (χ3v) is 2.13. The normalized spacial score (nSPS) is 9.93. The van der Waals surface area contributed by atoms with E-state index in [4.69, 9.17) is 4.74 Å². The lowest BCUT2D eigenvalue weighted by Gasteiger charge is -2.07. The first kappa shape index (κ1) is 11.6. The Morgan fingerprint density at radius 1 is 1.53 bits per heavy atom. The lowest BCUT2D eigenvalue weighted by Crippen LogP contribution is -2.14. The fourth-order valence-electron chi connectivity index (χ4n) is 1.25. The summed E-state index contributed by atoms with van der Waals surface area (Å²) in [5.74, 6) is 0.933. The van der Waals surface area contributed by atoms with Crippen molar-refractivity contribution in [1.29, 1.82) is 0 Å². The Morgan fingerprint density at radius 2 is 2.33 bits per heavy atom. The van der Waals surface area contributed by atoms with Gasteiger partial charge in [0.25, 0.3) is 0 Å². The highest BCUT2D eigenvalue weighted by Gasteiger charge is 2.01. The van der Waals surface area contributed by atoms with E-state index in [0.29, 0.717) is 12.3 Å². The molecule has 0 atom stereocenters. The summed E-state index contributed by atoms with van der Waals surface area (Å²) >= 11 is 0. The van der Waals surface area contributed by atoms with Crippen molar-refractivity contribution in [3.05, 3.63) is 36.4 Å². The van der Waals surface area contributed by atoms with Gasteiger partial charge in [0.2, 0.25) is 0 Å². The highest BCUT2D eigenvalue weighted by molar-refractivity contribution is 5.39. The molecule has 0 aliphatic rings. The number of phenolic OH excluding ortho intramolecular Hbond substituents is 1. The SMILES string of the molecule is C=CCCNCc1ccc(OC)cc1O. The van der Waals surface area contributed by atoms with E-state index in [1.165, 1.54) is 0 Å². The number of ether oxygens (including phenoxy) is 1. The molecule has 3 nitrogen and oxygen atoms in total. The number of methoxy groups -OCH3 is 1. The number of hydrogen-bond donors (Lipinski definition) is 2. The summed E-state index contributed by atoms with van der Waals surface area (Å²) in [6, 6.07) is 5.31. The predicted molar refractivity (Wildman–Crippen MR) is 61.2 cm³/mol. The molecule has 3 heteroatoms. The molecular formula is C12H17NO2. The third kappa shape index (κ3) is 3.64. The Kier molecular flexibility index (Phi) is 4.71. The maximum atomic E-state index is 9.64. The van der Waals surface area contributed by atoms with Crippen molar-refractivity contribution in [3.63, 3.8) is 0 Å². The van der Waals surface area contributed by atoms with E-state index in [0.717, 1.165) is 18.5 Å². The fraction of sp³-hybridized carbons (Fsp3) is 0.333. The molecule has 0 spiro atoms. The predicted octanol–water partition coefficient (Wildman–Crippen LogP) is 2.07. The Morgan fingerprint density at radius 3 is 2.93 bits per heavy atom. The molecule has 0 fully saturated rings. The van der Waals surface area contributed by atoms with Gasteiger partial charge in [-0.15, -0.1) is 6.58 Å². The van der Waals surface area contributed by atoms with E-state index < -0.39 is 0 Å². The van der Waals surface area contributed by atoms with Crippen molar-refractivity contribution in [3.8, 4) is 11.5 Å². The first-order valence-corrected chi connectivity index (χ1v) is 4.95. The van der Waals surface area contributed by atoms with Crippen LogP contribution in [-0.2, 0) is 6.54 Å². The maximum absolute atomic E-state index is 9.64. The van der Waals surface area contributed by atoms with Gasteiger partial charge in [-0.25, -0.2) is 0 Å². The summed E-state index contributed by atoms with van der Waals surface area (Å²) in [7, 11) is 1.58. The van der Waals surface area contributed by atoms with E-state index >= 15 is 0 Å². The fourth-order valence-corrected chi connectivity index (χ4v) is 1.25. The number of rotatable bonds is 6. The molecule has 0 radical (unpaired) electrons. The Labute approximate surface area is 90.4 Å². The van der Waals surface area contributed by atoms with E-state index in [2.05, 4.69) is 11.9 Å². The van der Waals surface area contributed by atoms with Crippen LogP contribution in [0.1, 0.15) is 12.0 Å². The zero-order chi connectivity index (χ0) is 11.1. The Bertz CT molecular complexity index is 323. The minimum Gasteiger partial charge on any atom is -0.507 e. The van der Waals surface area contributed by atoms with Gasteiger partial charge in [-0.1, -0.05) is 12.1 Å². The van der Waals surface area contributed by atoms with Crippen LogP contribution in [0.15, 0.2) is 30.9 Å². The smallest absolute Gasteiger partial charge is 0.123 e. The van der Waals surface area contributed by atoms with Crippen LogP contribution in [-0.4, -0.2) is 18.8 Å². The van der Waals surface area contributed by atoms with Gasteiger partial charge in [0.1, 0.15) is 11.5 Å². The minimum absolute atomic E-state index is 0.264. The number of hydrogen-bond acceptors (Lipinski definition) is 3. The Hall–Kier alpha value is -1.48. The third-order valence-electron chi connectivity index (χ3n) is 2.13. The van der Waals surface area contributed by atoms with E-state index in [1.807, 2.05) is 18.2 Å². The van der Waals surface area contributed by atoms with Crippen LogP contribution in [0.5, 0.6) is 11.5 Å². The molecule has 0 aromatic heterocycles. The lowest BCUT2D eigenvalue weighted by molar-refractivity contribution is 0.406. The number of nitrogens with one attached hydrogen (secondary N) is 1. The van der Waals surface area contributed by atoms with Gasteiger partial charge in [0.05, 0.1) is 7.11 Å². The van der Waals surface area contributed by atoms with Crippen LogP contribution in [0, 0.1) is 0 Å². The molecule has 1 aromatic rings. The first-order valence-electron chi connectivity index (χ1n) is 4.95. The molecule has 1 aromatic carbocycles. The number of benzene rings is 1. The zero-order valence-electron chi connectivity index (χ0n) is 8.99. The lowest BCUT2D eigenvalue weighted by atomic mass is 10.2. The average Bonchev–Trinajstić information content (AvgIpc) is 2.26. The molecule has 15 heavy (non-hydrogen) atoms. The highest BCUT2D eigenvalue weighted by atomic mass is 16.5. The van der Waals surface area contributed by atoms with E-state index in [1.54, 1.807) is 13.2 Å². The molecule has 0 saturated carbocycles. The molecule has 82 valence electrons. The van der Waals surface area contributed by atoms with Crippen molar-refractivity contribution < 1.29 is 9.84 Å². The van der Waals surface area contributed by atoms with Gasteiger partial charge < -0.3 is 15.2 Å². The molecule has 0 amide bonds. The quantitative estimate of drug-likeness (QED) is 0.554. The van der Waals surface area contributed by atoms with Crippen LogP contribution < -0.4 is 10.1 Å². The van der Waals surface area contributed by atoms with Crippen LogP contribution in [0.25, 0.3) is 0 Å². The second-order valence-corrected chi connectivity index (χ2v) is 3.25. The standard InChI is InChI=1S/C12H17NO2/c1-3-4-7-13-9-10-5-6-11(15-2)8-12(10)14/h3,5-6,8,13-14H,1,4,7,9H2,2H3. The topological polar surface area (TPSA) is 41.5 Å². The van der Waals surface area contributed by atoms with Crippen molar-refractivity contribution in [2.24, 2.45) is 0 Å². The molecule has 0 aliphatic heterocycles. The average molecular weight is 207 g/mol. The second-order valence-electron chi connectivity index (χ2n) is 3.25. The number of phenols is 1. The van der Waals surface area contributed by atoms with E-state index in [-0.39, 0.29) is 5.75 Å². The van der Waals surface area contributed by atoms with Crippen LogP contribution in [0.3, 0.4) is 0 Å². The van der Waals surface area contributed by atoms with Crippen molar-refractivity contribution in [2.75, 3.05) is 13.7 Å². The van der Waals surface area contributed by atoms with Crippen molar-refractivity contribution in [1.82, 2.24) is 5.32 Å². The van der Waals surface area contributed by atoms with Crippen LogP contribution in [0.4, 0.5) is 0 Å². The molecule has 2 N–H and O–H groups in total. The molecule has 0 aliphatic carbocycles. The van der Waals surface area contributed by atoms with Crippen LogP contribution >= 0.6 is 0 Å². The maximum Gasteiger partial charge on any atom is 0.123 e. The monoisotopic (exact) mass is 207 g/mol. The van der Waals surface area contributed by atoms with Gasteiger partial charge >= 0.3 is 0 Å².